The van der Waals surface area contributed by atoms with E-state index in [2.05, 4.69) is 9.88 Å². The number of aromatic nitrogens is 1. The third-order valence-corrected chi connectivity index (χ3v) is 5.18. The maximum atomic E-state index is 13.0. The molecule has 1 amide bonds. The number of carbonyl (C=O) groups is 1. The Bertz CT molecular complexity index is 730. The molecule has 2 aromatic rings. The molecule has 2 saturated carbocycles. The normalized spacial score (nSPS) is 17.8. The summed E-state index contributed by atoms with van der Waals surface area (Å²) in [5.74, 6) is 1.13. The van der Waals surface area contributed by atoms with Gasteiger partial charge in [0.1, 0.15) is 5.82 Å². The number of carbonyl (C=O) groups excluding carboxylic acids is 1. The first-order valence-electron chi connectivity index (χ1n) is 9.22. The summed E-state index contributed by atoms with van der Waals surface area (Å²) in [4.78, 5) is 19.1. The van der Waals surface area contributed by atoms with Gasteiger partial charge in [0.25, 0.3) is 0 Å². The van der Waals surface area contributed by atoms with Crippen molar-refractivity contribution in [1.82, 2.24) is 9.88 Å². The van der Waals surface area contributed by atoms with Crippen molar-refractivity contribution in [2.45, 2.75) is 63.5 Å². The summed E-state index contributed by atoms with van der Waals surface area (Å²) in [6, 6.07) is 7.04. The second-order valence-corrected chi connectivity index (χ2v) is 7.10. The number of oxazole rings is 1. The molecular formula is C20H23FN2O2. The van der Waals surface area contributed by atoms with Gasteiger partial charge >= 0.3 is 0 Å². The van der Waals surface area contributed by atoms with Gasteiger partial charge in [0.05, 0.1) is 6.20 Å². The highest BCUT2D eigenvalue weighted by Gasteiger charge is 2.37. The van der Waals surface area contributed by atoms with E-state index in [0.717, 1.165) is 31.2 Å². The minimum absolute atomic E-state index is 0.232. The van der Waals surface area contributed by atoms with Crippen LogP contribution in [-0.4, -0.2) is 27.9 Å². The predicted molar refractivity (Wildman–Crippen MR) is 92.3 cm³/mol. The topological polar surface area (TPSA) is 46.3 Å². The molecule has 0 bridgehead atoms. The molecule has 0 N–H and O–H groups in total. The zero-order valence-electron chi connectivity index (χ0n) is 14.3. The monoisotopic (exact) mass is 342 g/mol. The molecule has 0 spiro atoms. The smallest absolute Gasteiger partial charge is 0.223 e. The second-order valence-electron chi connectivity index (χ2n) is 7.10. The summed E-state index contributed by atoms with van der Waals surface area (Å²) in [5.41, 5.74) is 0.789. The van der Waals surface area contributed by atoms with Crippen LogP contribution in [0.2, 0.25) is 0 Å². The summed E-state index contributed by atoms with van der Waals surface area (Å²) < 4.78 is 18.7. The maximum absolute atomic E-state index is 13.0. The Morgan fingerprint density at radius 1 is 1.12 bits per heavy atom. The van der Waals surface area contributed by atoms with Gasteiger partial charge in [-0.15, -0.1) is 0 Å². The average molecular weight is 342 g/mol. The molecule has 2 aliphatic carbocycles. The maximum Gasteiger partial charge on any atom is 0.223 e. The van der Waals surface area contributed by atoms with Gasteiger partial charge in [-0.2, -0.15) is 0 Å². The molecule has 0 unspecified atom stereocenters. The van der Waals surface area contributed by atoms with Crippen molar-refractivity contribution in [3.8, 4) is 11.3 Å². The SMILES string of the molecule is O=C(CCc1ncc(-c2ccc(F)cc2)o1)N(C1CCCC1)C1CC1. The minimum Gasteiger partial charge on any atom is -0.441 e. The van der Waals surface area contributed by atoms with E-state index in [4.69, 9.17) is 4.42 Å². The van der Waals surface area contributed by atoms with Crippen molar-refractivity contribution in [3.05, 3.63) is 42.2 Å². The van der Waals surface area contributed by atoms with Crippen LogP contribution < -0.4 is 0 Å². The van der Waals surface area contributed by atoms with E-state index in [1.54, 1.807) is 18.3 Å². The molecule has 0 atom stereocenters. The zero-order chi connectivity index (χ0) is 17.2. The van der Waals surface area contributed by atoms with Crippen molar-refractivity contribution >= 4 is 5.91 Å². The molecule has 2 aliphatic rings. The van der Waals surface area contributed by atoms with Gasteiger partial charge in [0.15, 0.2) is 11.7 Å². The Kier molecular flexibility index (Phi) is 4.55. The van der Waals surface area contributed by atoms with Crippen LogP contribution in [0.25, 0.3) is 11.3 Å². The number of halogens is 1. The highest BCUT2D eigenvalue weighted by Crippen LogP contribution is 2.35. The van der Waals surface area contributed by atoms with E-state index in [-0.39, 0.29) is 11.7 Å². The fraction of sp³-hybridized carbons (Fsp3) is 0.500. The van der Waals surface area contributed by atoms with E-state index >= 15 is 0 Å². The number of hydrogen-bond donors (Lipinski definition) is 0. The van der Waals surface area contributed by atoms with Crippen LogP contribution in [-0.2, 0) is 11.2 Å². The van der Waals surface area contributed by atoms with Crippen molar-refractivity contribution < 1.29 is 13.6 Å². The Hall–Kier alpha value is -2.17. The van der Waals surface area contributed by atoms with Gasteiger partial charge < -0.3 is 9.32 Å². The summed E-state index contributed by atoms with van der Waals surface area (Å²) in [5, 5.41) is 0. The highest BCUT2D eigenvalue weighted by molar-refractivity contribution is 5.77. The lowest BCUT2D eigenvalue weighted by atomic mass is 10.1. The van der Waals surface area contributed by atoms with Crippen LogP contribution in [0.5, 0.6) is 0 Å². The molecule has 4 nitrogen and oxygen atoms in total. The van der Waals surface area contributed by atoms with Crippen molar-refractivity contribution in [1.29, 1.82) is 0 Å². The molecule has 1 heterocycles. The number of nitrogens with zero attached hydrogens (tertiary/aromatic N) is 2. The van der Waals surface area contributed by atoms with Gasteiger partial charge in [0.2, 0.25) is 5.91 Å². The average Bonchev–Trinajstić information content (AvgIpc) is 3.11. The quantitative estimate of drug-likeness (QED) is 0.784. The van der Waals surface area contributed by atoms with Crippen molar-refractivity contribution in [2.24, 2.45) is 0 Å². The lowest BCUT2D eigenvalue weighted by Gasteiger charge is -2.29. The summed E-state index contributed by atoms with van der Waals surface area (Å²) >= 11 is 0. The summed E-state index contributed by atoms with van der Waals surface area (Å²) in [6.07, 6.45) is 9.66. The fourth-order valence-electron chi connectivity index (χ4n) is 3.76. The molecule has 0 aliphatic heterocycles. The summed E-state index contributed by atoms with van der Waals surface area (Å²) in [6.45, 7) is 0. The van der Waals surface area contributed by atoms with Crippen molar-refractivity contribution in [2.75, 3.05) is 0 Å². The van der Waals surface area contributed by atoms with E-state index in [1.807, 2.05) is 0 Å². The molecule has 132 valence electrons. The van der Waals surface area contributed by atoms with Crippen LogP contribution in [0.3, 0.4) is 0 Å². The number of hydrogen-bond acceptors (Lipinski definition) is 3. The van der Waals surface area contributed by atoms with Crippen LogP contribution in [0, 0.1) is 5.82 Å². The Labute approximate surface area is 147 Å². The lowest BCUT2D eigenvalue weighted by molar-refractivity contribution is -0.134. The minimum atomic E-state index is -0.277. The van der Waals surface area contributed by atoms with E-state index in [9.17, 15) is 9.18 Å². The largest absolute Gasteiger partial charge is 0.441 e. The van der Waals surface area contributed by atoms with Crippen LogP contribution in [0.4, 0.5) is 4.39 Å². The molecule has 1 aromatic carbocycles. The highest BCUT2D eigenvalue weighted by atomic mass is 19.1. The molecular weight excluding hydrogens is 319 g/mol. The number of rotatable bonds is 6. The molecule has 25 heavy (non-hydrogen) atoms. The molecule has 0 radical (unpaired) electrons. The third-order valence-electron chi connectivity index (χ3n) is 5.18. The molecule has 1 aromatic heterocycles. The predicted octanol–water partition coefficient (Wildman–Crippen LogP) is 4.35. The number of aryl methyl sites for hydroxylation is 1. The standard InChI is InChI=1S/C20H23FN2O2/c21-15-7-5-14(6-8-15)18-13-22-19(25-18)11-12-20(24)23(17-9-10-17)16-3-1-2-4-16/h5-8,13,16-17H,1-4,9-12H2. The van der Waals surface area contributed by atoms with E-state index in [1.165, 1.54) is 25.0 Å². The van der Waals surface area contributed by atoms with Gasteiger partial charge in [-0.25, -0.2) is 9.37 Å². The number of benzene rings is 1. The first-order valence-corrected chi connectivity index (χ1v) is 9.22. The Balaban J connectivity index is 1.37. The molecule has 4 rings (SSSR count). The van der Waals surface area contributed by atoms with Crippen LogP contribution in [0.15, 0.2) is 34.9 Å². The van der Waals surface area contributed by atoms with Gasteiger partial charge in [-0.1, -0.05) is 12.8 Å². The summed E-state index contributed by atoms with van der Waals surface area (Å²) in [7, 11) is 0. The van der Waals surface area contributed by atoms with Gasteiger partial charge in [-0.3, -0.25) is 4.79 Å². The third kappa shape index (κ3) is 3.75. The van der Waals surface area contributed by atoms with E-state index < -0.39 is 0 Å². The first kappa shape index (κ1) is 16.3. The van der Waals surface area contributed by atoms with Gasteiger partial charge in [0, 0.05) is 30.5 Å². The van der Waals surface area contributed by atoms with Crippen molar-refractivity contribution in [3.63, 3.8) is 0 Å². The molecule has 5 heteroatoms. The van der Waals surface area contributed by atoms with Gasteiger partial charge in [-0.05, 0) is 49.9 Å². The van der Waals surface area contributed by atoms with E-state index in [0.29, 0.717) is 36.6 Å². The Morgan fingerprint density at radius 3 is 2.48 bits per heavy atom. The molecule has 0 saturated heterocycles. The van der Waals surface area contributed by atoms with Crippen LogP contribution in [0.1, 0.15) is 50.8 Å². The van der Waals surface area contributed by atoms with Crippen LogP contribution >= 0.6 is 0 Å². The second kappa shape index (κ2) is 6.98. The molecule has 2 fully saturated rings. The number of amides is 1. The first-order chi connectivity index (χ1) is 12.2. The fourth-order valence-corrected chi connectivity index (χ4v) is 3.76. The Morgan fingerprint density at radius 2 is 1.80 bits per heavy atom. The zero-order valence-corrected chi connectivity index (χ0v) is 14.3. The lowest BCUT2D eigenvalue weighted by Crippen LogP contribution is -2.40.